The molecule has 0 unspecified atom stereocenters. The van der Waals surface area contributed by atoms with Crippen molar-refractivity contribution in [3.8, 4) is 5.75 Å². The fourth-order valence-electron chi connectivity index (χ4n) is 1.53. The highest BCUT2D eigenvalue weighted by molar-refractivity contribution is 6.05. The van der Waals surface area contributed by atoms with Crippen molar-refractivity contribution in [3.05, 3.63) is 35.2 Å². The maximum absolute atomic E-state index is 13.0. The molecule has 1 amide bonds. The lowest BCUT2D eigenvalue weighted by Gasteiger charge is -2.14. The quantitative estimate of drug-likeness (QED) is 0.841. The molecule has 0 spiro atoms. The number of aryl methyl sites for hydroxylation is 1. The highest BCUT2D eigenvalue weighted by Gasteiger charge is 2.62. The number of aromatic hydroxyl groups is 1. The number of phenolic OH excluding ortho intramolecular Hbond substituents is 1. The Morgan fingerprint density at radius 1 is 1.26 bits per heavy atom. The number of nitrogens with zero attached hydrogens (tertiary/aromatic N) is 2. The normalized spacial score (nSPS) is 12.3. The number of amides is 1. The van der Waals surface area contributed by atoms with Crippen molar-refractivity contribution >= 4 is 11.9 Å². The average Bonchev–Trinajstić information content (AvgIpc) is 2.86. The second-order valence-corrected chi connectivity index (χ2v) is 4.47. The molecule has 0 saturated heterocycles. The van der Waals surface area contributed by atoms with E-state index in [9.17, 15) is 31.9 Å². The molecule has 0 aliphatic heterocycles. The van der Waals surface area contributed by atoms with Crippen LogP contribution >= 0.6 is 0 Å². The lowest BCUT2D eigenvalue weighted by molar-refractivity contribution is -0.293. The zero-order valence-electron chi connectivity index (χ0n) is 11.3. The molecular formula is C12H8F5N3O3. The highest BCUT2D eigenvalue weighted by atomic mass is 19.4. The van der Waals surface area contributed by atoms with E-state index in [1.807, 2.05) is 5.32 Å². The number of carbonyl (C=O) groups is 1. The lowest BCUT2D eigenvalue weighted by Crippen LogP contribution is -2.34. The summed E-state index contributed by atoms with van der Waals surface area (Å²) in [5, 5.41) is 13.9. The van der Waals surface area contributed by atoms with Crippen LogP contribution in [0.5, 0.6) is 5.75 Å². The molecule has 124 valence electrons. The molecule has 1 aromatic carbocycles. The van der Waals surface area contributed by atoms with E-state index in [4.69, 9.17) is 0 Å². The van der Waals surface area contributed by atoms with Crippen molar-refractivity contribution < 1.29 is 36.4 Å². The summed E-state index contributed by atoms with van der Waals surface area (Å²) in [6, 6.07) is 2.99. The van der Waals surface area contributed by atoms with Crippen LogP contribution in [-0.4, -0.2) is 27.3 Å². The van der Waals surface area contributed by atoms with Gasteiger partial charge in [-0.1, -0.05) is 11.2 Å². The summed E-state index contributed by atoms with van der Waals surface area (Å²) < 4.78 is 66.6. The molecule has 1 heterocycles. The van der Waals surface area contributed by atoms with E-state index in [0.717, 1.165) is 0 Å². The Morgan fingerprint density at radius 3 is 2.48 bits per heavy atom. The molecule has 23 heavy (non-hydrogen) atoms. The smallest absolute Gasteiger partial charge is 0.461 e. The third-order valence-corrected chi connectivity index (χ3v) is 2.68. The number of nitrogens with one attached hydrogen (secondary N) is 1. The molecule has 0 bridgehead atoms. The first-order chi connectivity index (χ1) is 10.5. The Bertz CT molecular complexity index is 742. The van der Waals surface area contributed by atoms with Crippen LogP contribution in [-0.2, 0) is 5.92 Å². The number of hydrogen-bond donors (Lipinski definition) is 2. The van der Waals surface area contributed by atoms with E-state index in [1.165, 1.54) is 18.2 Å². The molecule has 0 aliphatic rings. The number of hydrogen-bond acceptors (Lipinski definition) is 5. The van der Waals surface area contributed by atoms with Crippen LogP contribution in [0.25, 0.3) is 0 Å². The molecular weight excluding hydrogens is 329 g/mol. The van der Waals surface area contributed by atoms with Gasteiger partial charge in [0.05, 0.1) is 5.56 Å². The second kappa shape index (κ2) is 5.48. The predicted molar refractivity (Wildman–Crippen MR) is 65.0 cm³/mol. The zero-order valence-corrected chi connectivity index (χ0v) is 11.3. The number of halogens is 5. The van der Waals surface area contributed by atoms with Crippen LogP contribution in [0.15, 0.2) is 22.7 Å². The van der Waals surface area contributed by atoms with E-state index in [-0.39, 0.29) is 5.56 Å². The van der Waals surface area contributed by atoms with Crippen LogP contribution in [0, 0.1) is 6.92 Å². The Balaban J connectivity index is 2.21. The molecule has 0 aliphatic carbocycles. The fourth-order valence-corrected chi connectivity index (χ4v) is 1.53. The third-order valence-electron chi connectivity index (χ3n) is 2.68. The highest BCUT2D eigenvalue weighted by Crippen LogP contribution is 2.42. The van der Waals surface area contributed by atoms with Gasteiger partial charge in [0.25, 0.3) is 11.7 Å². The first-order valence-electron chi connectivity index (χ1n) is 5.92. The molecule has 2 rings (SSSR count). The van der Waals surface area contributed by atoms with Gasteiger partial charge in [-0.25, -0.2) is 0 Å². The number of phenols is 1. The second-order valence-electron chi connectivity index (χ2n) is 4.47. The van der Waals surface area contributed by atoms with Gasteiger partial charge in [0.2, 0.25) is 0 Å². The first-order valence-corrected chi connectivity index (χ1v) is 5.92. The average molecular weight is 337 g/mol. The minimum absolute atomic E-state index is 0.252. The Labute approximate surface area is 124 Å². The number of aromatic nitrogens is 2. The summed E-state index contributed by atoms with van der Waals surface area (Å²) in [6.45, 7) is 1.64. The summed E-state index contributed by atoms with van der Waals surface area (Å²) >= 11 is 0. The predicted octanol–water partition coefficient (Wildman–Crippen LogP) is 2.99. The number of rotatable bonds is 3. The molecule has 0 saturated carbocycles. The summed E-state index contributed by atoms with van der Waals surface area (Å²) in [5.74, 6) is -8.70. The molecule has 0 atom stereocenters. The maximum atomic E-state index is 13.0. The molecule has 2 N–H and O–H groups in total. The monoisotopic (exact) mass is 337 g/mol. The summed E-state index contributed by atoms with van der Waals surface area (Å²) in [6.07, 6.45) is -5.91. The number of alkyl halides is 5. The van der Waals surface area contributed by atoms with Gasteiger partial charge < -0.3 is 9.63 Å². The van der Waals surface area contributed by atoms with E-state index >= 15 is 0 Å². The van der Waals surface area contributed by atoms with E-state index in [0.29, 0.717) is 5.56 Å². The largest absolute Gasteiger partial charge is 0.507 e. The van der Waals surface area contributed by atoms with Crippen LogP contribution < -0.4 is 5.32 Å². The van der Waals surface area contributed by atoms with Crippen LogP contribution in [0.2, 0.25) is 0 Å². The molecule has 0 radical (unpaired) electrons. The molecule has 0 fully saturated rings. The summed E-state index contributed by atoms with van der Waals surface area (Å²) in [7, 11) is 0. The van der Waals surface area contributed by atoms with E-state index < -0.39 is 35.6 Å². The van der Waals surface area contributed by atoms with Gasteiger partial charge in [-0.2, -0.15) is 26.9 Å². The first kappa shape index (κ1) is 16.6. The van der Waals surface area contributed by atoms with Crippen molar-refractivity contribution in [2.45, 2.75) is 19.0 Å². The number of benzene rings is 1. The van der Waals surface area contributed by atoms with Gasteiger partial charge in [-0.05, 0) is 24.6 Å². The molecule has 6 nitrogen and oxygen atoms in total. The van der Waals surface area contributed by atoms with Gasteiger partial charge in [0.15, 0.2) is 0 Å². The van der Waals surface area contributed by atoms with Crippen molar-refractivity contribution in [2.24, 2.45) is 0 Å². The van der Waals surface area contributed by atoms with Crippen LogP contribution in [0.4, 0.5) is 28.0 Å². The lowest BCUT2D eigenvalue weighted by atomic mass is 10.1. The topological polar surface area (TPSA) is 88.3 Å². The Kier molecular flexibility index (Phi) is 3.97. The van der Waals surface area contributed by atoms with Crippen molar-refractivity contribution in [1.29, 1.82) is 0 Å². The van der Waals surface area contributed by atoms with E-state index in [2.05, 4.69) is 14.7 Å². The zero-order chi connectivity index (χ0) is 17.4. The third kappa shape index (κ3) is 3.22. The van der Waals surface area contributed by atoms with Gasteiger partial charge >= 0.3 is 18.1 Å². The van der Waals surface area contributed by atoms with Gasteiger partial charge in [-0.15, -0.1) is 0 Å². The van der Waals surface area contributed by atoms with Gasteiger partial charge in [-0.3, -0.25) is 10.1 Å². The standard InChI is InChI=1S/C12H8F5N3O3/c1-5-2-3-6(7(21)4-5)8(22)18-10-19-9(20-23-10)11(13,14)12(15,16)17/h2-4,21H,1H3,(H,18,19,20,22). The summed E-state index contributed by atoms with van der Waals surface area (Å²) in [4.78, 5) is 14.6. The maximum Gasteiger partial charge on any atom is 0.461 e. The Hall–Kier alpha value is -2.72. The van der Waals surface area contributed by atoms with Crippen molar-refractivity contribution in [1.82, 2.24) is 10.1 Å². The van der Waals surface area contributed by atoms with Crippen LogP contribution in [0.1, 0.15) is 21.7 Å². The van der Waals surface area contributed by atoms with Crippen molar-refractivity contribution in [2.75, 3.05) is 5.32 Å². The Morgan fingerprint density at radius 2 is 1.91 bits per heavy atom. The minimum Gasteiger partial charge on any atom is -0.507 e. The van der Waals surface area contributed by atoms with Crippen molar-refractivity contribution in [3.63, 3.8) is 0 Å². The summed E-state index contributed by atoms with van der Waals surface area (Å²) in [5.41, 5.74) is 0.391. The van der Waals surface area contributed by atoms with Crippen LogP contribution in [0.3, 0.4) is 0 Å². The fraction of sp³-hybridized carbons (Fsp3) is 0.250. The van der Waals surface area contributed by atoms with E-state index in [1.54, 1.807) is 6.92 Å². The molecule has 1 aromatic heterocycles. The van der Waals surface area contributed by atoms with Gasteiger partial charge in [0.1, 0.15) is 5.75 Å². The number of carbonyl (C=O) groups excluding carboxylic acids is 1. The minimum atomic E-state index is -5.91. The SMILES string of the molecule is Cc1ccc(C(=O)Nc2nc(C(F)(F)C(F)(F)F)no2)c(O)c1. The molecule has 2 aromatic rings. The van der Waals surface area contributed by atoms with Gasteiger partial charge in [0, 0.05) is 0 Å². The number of anilines is 1. The molecule has 11 heteroatoms.